The first-order valence-corrected chi connectivity index (χ1v) is 11.7. The molecule has 0 saturated heterocycles. The molecule has 0 bridgehead atoms. The molecule has 0 aliphatic carbocycles. The van der Waals surface area contributed by atoms with Crippen molar-refractivity contribution in [2.45, 2.75) is 4.90 Å². The van der Waals surface area contributed by atoms with Gasteiger partial charge < -0.3 is 10.1 Å². The fourth-order valence-electron chi connectivity index (χ4n) is 2.70. The summed E-state index contributed by atoms with van der Waals surface area (Å²) in [5, 5.41) is 3.58. The van der Waals surface area contributed by atoms with Crippen LogP contribution in [0.25, 0.3) is 10.2 Å². The van der Waals surface area contributed by atoms with Gasteiger partial charge in [-0.2, -0.15) is 0 Å². The first kappa shape index (κ1) is 21.1. The van der Waals surface area contributed by atoms with Gasteiger partial charge in [-0.15, -0.1) is 0 Å². The Morgan fingerprint density at radius 2 is 1.77 bits per heavy atom. The monoisotopic (exact) mass is 473 g/mol. The van der Waals surface area contributed by atoms with Gasteiger partial charge in [0.25, 0.3) is 15.9 Å². The van der Waals surface area contributed by atoms with E-state index in [1.807, 2.05) is 0 Å². The Morgan fingerprint density at radius 1 is 1.03 bits per heavy atom. The zero-order chi connectivity index (χ0) is 21.8. The topological polar surface area (TPSA) is 97.4 Å². The van der Waals surface area contributed by atoms with Crippen molar-refractivity contribution in [3.8, 4) is 5.75 Å². The number of anilines is 2. The molecule has 0 radical (unpaired) electrons. The SMILES string of the molecule is O=C(COc1ccc(Cl)cc1)Nc1ccc2nc(NS(=O)(=O)c3ccccc3)sc2c1. The maximum Gasteiger partial charge on any atom is 0.263 e. The summed E-state index contributed by atoms with van der Waals surface area (Å²) in [5.74, 6) is 0.205. The van der Waals surface area contributed by atoms with Crippen molar-refractivity contribution in [1.82, 2.24) is 4.98 Å². The van der Waals surface area contributed by atoms with Gasteiger partial charge in [0.15, 0.2) is 11.7 Å². The van der Waals surface area contributed by atoms with Crippen LogP contribution in [0.1, 0.15) is 0 Å². The number of nitrogens with zero attached hydrogens (tertiary/aromatic N) is 1. The summed E-state index contributed by atoms with van der Waals surface area (Å²) in [7, 11) is -3.72. The normalized spacial score (nSPS) is 11.3. The van der Waals surface area contributed by atoms with Gasteiger partial charge in [0.1, 0.15) is 5.75 Å². The predicted octanol–water partition coefficient (Wildman–Crippen LogP) is 4.77. The highest BCUT2D eigenvalue weighted by atomic mass is 35.5. The van der Waals surface area contributed by atoms with E-state index in [9.17, 15) is 13.2 Å². The van der Waals surface area contributed by atoms with Crippen molar-refractivity contribution < 1.29 is 17.9 Å². The fraction of sp³-hybridized carbons (Fsp3) is 0.0476. The van der Waals surface area contributed by atoms with Crippen LogP contribution in [0.2, 0.25) is 5.02 Å². The molecule has 158 valence electrons. The van der Waals surface area contributed by atoms with Crippen molar-refractivity contribution in [2.24, 2.45) is 0 Å². The van der Waals surface area contributed by atoms with Gasteiger partial charge in [0.05, 0.1) is 15.1 Å². The Morgan fingerprint density at radius 3 is 2.52 bits per heavy atom. The number of halogens is 1. The highest BCUT2D eigenvalue weighted by Crippen LogP contribution is 2.30. The molecule has 0 spiro atoms. The number of ether oxygens (including phenoxy) is 1. The van der Waals surface area contributed by atoms with Crippen LogP contribution in [0.15, 0.2) is 77.7 Å². The second kappa shape index (κ2) is 8.93. The third-order valence-corrected chi connectivity index (χ3v) is 6.80. The minimum atomic E-state index is -3.72. The lowest BCUT2D eigenvalue weighted by atomic mass is 10.3. The number of sulfonamides is 1. The molecule has 0 aliphatic heterocycles. The number of aromatic nitrogens is 1. The van der Waals surface area contributed by atoms with Gasteiger partial charge >= 0.3 is 0 Å². The number of rotatable bonds is 7. The van der Waals surface area contributed by atoms with E-state index in [1.165, 1.54) is 23.5 Å². The maximum absolute atomic E-state index is 12.5. The van der Waals surface area contributed by atoms with Gasteiger partial charge in [-0.3, -0.25) is 9.52 Å². The molecule has 3 aromatic carbocycles. The maximum atomic E-state index is 12.5. The van der Waals surface area contributed by atoms with Crippen LogP contribution in [0.3, 0.4) is 0 Å². The smallest absolute Gasteiger partial charge is 0.263 e. The molecule has 10 heteroatoms. The molecule has 31 heavy (non-hydrogen) atoms. The molecule has 2 N–H and O–H groups in total. The third-order valence-electron chi connectivity index (χ3n) is 4.13. The van der Waals surface area contributed by atoms with Crippen molar-refractivity contribution in [3.05, 3.63) is 77.8 Å². The lowest BCUT2D eigenvalue weighted by Crippen LogP contribution is -2.20. The minimum absolute atomic E-state index is 0.155. The number of carbonyl (C=O) groups is 1. The van der Waals surface area contributed by atoms with Gasteiger partial charge in [-0.1, -0.05) is 41.1 Å². The second-order valence-corrected chi connectivity index (χ2v) is 9.56. The van der Waals surface area contributed by atoms with Crippen LogP contribution in [0.5, 0.6) is 5.75 Å². The van der Waals surface area contributed by atoms with E-state index >= 15 is 0 Å². The highest BCUT2D eigenvalue weighted by molar-refractivity contribution is 7.93. The number of thiazole rings is 1. The number of carbonyl (C=O) groups excluding carboxylic acids is 1. The van der Waals surface area contributed by atoms with Crippen molar-refractivity contribution in [2.75, 3.05) is 16.6 Å². The third kappa shape index (κ3) is 5.32. The zero-order valence-electron chi connectivity index (χ0n) is 15.9. The van der Waals surface area contributed by atoms with E-state index in [1.54, 1.807) is 60.7 Å². The summed E-state index contributed by atoms with van der Waals surface area (Å²) >= 11 is 7.00. The molecule has 0 atom stereocenters. The van der Waals surface area contributed by atoms with E-state index in [2.05, 4.69) is 15.0 Å². The number of benzene rings is 3. The minimum Gasteiger partial charge on any atom is -0.484 e. The Bertz CT molecular complexity index is 1320. The average Bonchev–Trinajstić information content (AvgIpc) is 3.15. The first-order chi connectivity index (χ1) is 14.9. The summed E-state index contributed by atoms with van der Waals surface area (Å²) in [4.78, 5) is 16.6. The lowest BCUT2D eigenvalue weighted by Gasteiger charge is -2.07. The van der Waals surface area contributed by atoms with Crippen molar-refractivity contribution in [3.63, 3.8) is 0 Å². The van der Waals surface area contributed by atoms with E-state index < -0.39 is 10.0 Å². The molecule has 0 saturated carbocycles. The van der Waals surface area contributed by atoms with Crippen LogP contribution in [0, 0.1) is 0 Å². The molecule has 1 heterocycles. The van der Waals surface area contributed by atoms with Crippen molar-refractivity contribution in [1.29, 1.82) is 0 Å². The highest BCUT2D eigenvalue weighted by Gasteiger charge is 2.16. The van der Waals surface area contributed by atoms with Gasteiger partial charge in [0.2, 0.25) is 0 Å². The van der Waals surface area contributed by atoms with Gasteiger partial charge in [-0.25, -0.2) is 13.4 Å². The van der Waals surface area contributed by atoms with E-state index in [4.69, 9.17) is 16.3 Å². The Hall–Kier alpha value is -3.14. The Balaban J connectivity index is 1.42. The molecule has 1 aromatic heterocycles. The number of amides is 1. The van der Waals surface area contributed by atoms with Gasteiger partial charge in [0, 0.05) is 10.7 Å². The molecular weight excluding hydrogens is 458 g/mol. The number of hydrogen-bond donors (Lipinski definition) is 2. The summed E-state index contributed by atoms with van der Waals surface area (Å²) in [5.41, 5.74) is 1.17. The zero-order valence-corrected chi connectivity index (χ0v) is 18.3. The molecule has 4 aromatic rings. The molecule has 0 unspecified atom stereocenters. The van der Waals surface area contributed by atoms with Gasteiger partial charge in [-0.05, 0) is 54.6 Å². The summed E-state index contributed by atoms with van der Waals surface area (Å²) < 4.78 is 33.6. The molecular formula is C21H16ClN3O4S2. The predicted molar refractivity (Wildman–Crippen MR) is 122 cm³/mol. The molecule has 1 amide bonds. The number of nitrogens with one attached hydrogen (secondary N) is 2. The molecule has 7 nitrogen and oxygen atoms in total. The average molecular weight is 474 g/mol. The first-order valence-electron chi connectivity index (χ1n) is 9.06. The van der Waals surface area contributed by atoms with Crippen molar-refractivity contribution >= 4 is 59.9 Å². The lowest BCUT2D eigenvalue weighted by molar-refractivity contribution is -0.118. The van der Waals surface area contributed by atoms with Crippen LogP contribution in [0.4, 0.5) is 10.8 Å². The summed E-state index contributed by atoms with van der Waals surface area (Å²) in [6, 6.07) is 19.9. The molecule has 0 fully saturated rings. The second-order valence-electron chi connectivity index (χ2n) is 6.41. The Kier molecular flexibility index (Phi) is 6.08. The quantitative estimate of drug-likeness (QED) is 0.403. The van der Waals surface area contributed by atoms with Crippen LogP contribution >= 0.6 is 22.9 Å². The van der Waals surface area contributed by atoms with Crippen LogP contribution < -0.4 is 14.8 Å². The largest absolute Gasteiger partial charge is 0.484 e. The Labute approximate surface area is 187 Å². The number of fused-ring (bicyclic) bond motifs is 1. The molecule has 4 rings (SSSR count). The van der Waals surface area contributed by atoms with Crippen LogP contribution in [-0.4, -0.2) is 25.9 Å². The fourth-order valence-corrected chi connectivity index (χ4v) is 4.98. The van der Waals surface area contributed by atoms with Crippen LogP contribution in [-0.2, 0) is 14.8 Å². The van der Waals surface area contributed by atoms with E-state index in [0.29, 0.717) is 22.0 Å². The molecule has 0 aliphatic rings. The number of hydrogen-bond acceptors (Lipinski definition) is 6. The summed E-state index contributed by atoms with van der Waals surface area (Å²) in [6.07, 6.45) is 0. The summed E-state index contributed by atoms with van der Waals surface area (Å²) in [6.45, 7) is -0.162. The van der Waals surface area contributed by atoms with E-state index in [0.717, 1.165) is 4.70 Å². The van der Waals surface area contributed by atoms with E-state index in [-0.39, 0.29) is 22.5 Å². The standard InChI is InChI=1S/C21H16ClN3O4S2/c22-14-6-9-16(10-7-14)29-13-20(26)23-15-8-11-18-19(12-15)30-21(24-18)25-31(27,28)17-4-2-1-3-5-17/h1-12H,13H2,(H,23,26)(H,24,25).